The Bertz CT molecular complexity index is 746. The molecule has 0 aliphatic carbocycles. The number of anilines is 2. The van der Waals surface area contributed by atoms with Gasteiger partial charge in [-0.3, -0.25) is 4.90 Å². The Kier molecular flexibility index (Phi) is 6.38. The van der Waals surface area contributed by atoms with Crippen molar-refractivity contribution in [3.05, 3.63) is 23.8 Å². The predicted molar refractivity (Wildman–Crippen MR) is 109 cm³/mol. The van der Waals surface area contributed by atoms with Gasteiger partial charge in [-0.25, -0.2) is 4.79 Å². The molecule has 4 rings (SSSR count). The van der Waals surface area contributed by atoms with E-state index >= 15 is 0 Å². The highest BCUT2D eigenvalue weighted by Gasteiger charge is 2.33. The van der Waals surface area contributed by atoms with Crippen molar-refractivity contribution >= 4 is 17.4 Å². The molecular formula is C21H29F3N4O2. The summed E-state index contributed by atoms with van der Waals surface area (Å²) in [5.41, 5.74) is 0.0520. The molecule has 3 heterocycles. The smallest absolute Gasteiger partial charge is 0.378 e. The summed E-state index contributed by atoms with van der Waals surface area (Å²) in [4.78, 5) is 19.1. The van der Waals surface area contributed by atoms with E-state index in [9.17, 15) is 18.0 Å². The third kappa shape index (κ3) is 4.83. The summed E-state index contributed by atoms with van der Waals surface area (Å²) in [5, 5.41) is 2.79. The van der Waals surface area contributed by atoms with Crippen LogP contribution in [0.2, 0.25) is 0 Å². The second-order valence-corrected chi connectivity index (χ2v) is 8.24. The maximum atomic E-state index is 13.3. The first-order valence-electron chi connectivity index (χ1n) is 10.8. The van der Waals surface area contributed by atoms with E-state index in [1.165, 1.54) is 18.9 Å². The number of urea groups is 1. The average molecular weight is 426 g/mol. The molecule has 9 heteroatoms. The first-order valence-corrected chi connectivity index (χ1v) is 10.8. The number of ether oxygens (including phenoxy) is 1. The van der Waals surface area contributed by atoms with E-state index < -0.39 is 11.7 Å². The monoisotopic (exact) mass is 426 g/mol. The largest absolute Gasteiger partial charge is 0.416 e. The molecule has 0 bridgehead atoms. The maximum Gasteiger partial charge on any atom is 0.416 e. The van der Waals surface area contributed by atoms with Gasteiger partial charge in [0.1, 0.15) is 0 Å². The quantitative estimate of drug-likeness (QED) is 0.802. The van der Waals surface area contributed by atoms with E-state index in [1.54, 1.807) is 4.90 Å². The molecule has 3 fully saturated rings. The van der Waals surface area contributed by atoms with Crippen molar-refractivity contribution in [2.75, 3.05) is 62.7 Å². The van der Waals surface area contributed by atoms with Crippen LogP contribution < -0.4 is 10.2 Å². The van der Waals surface area contributed by atoms with Crippen LogP contribution in [-0.4, -0.2) is 74.4 Å². The Hall–Kier alpha value is -2.00. The van der Waals surface area contributed by atoms with E-state index in [-0.39, 0.29) is 11.7 Å². The van der Waals surface area contributed by atoms with Crippen molar-refractivity contribution in [1.29, 1.82) is 0 Å². The van der Waals surface area contributed by atoms with Gasteiger partial charge < -0.3 is 19.9 Å². The van der Waals surface area contributed by atoms with Gasteiger partial charge in [0.05, 0.1) is 30.2 Å². The van der Waals surface area contributed by atoms with Crippen LogP contribution >= 0.6 is 0 Å². The van der Waals surface area contributed by atoms with E-state index in [1.807, 2.05) is 4.90 Å². The molecule has 1 atom stereocenters. The number of piperidine rings is 1. The zero-order chi connectivity index (χ0) is 21.1. The minimum Gasteiger partial charge on any atom is -0.378 e. The van der Waals surface area contributed by atoms with Crippen LogP contribution in [0.3, 0.4) is 0 Å². The lowest BCUT2D eigenvalue weighted by Gasteiger charge is -2.38. The van der Waals surface area contributed by atoms with Crippen molar-refractivity contribution in [3.63, 3.8) is 0 Å². The molecular weight excluding hydrogens is 397 g/mol. The van der Waals surface area contributed by atoms with Gasteiger partial charge in [-0.1, -0.05) is 0 Å². The standard InChI is InChI=1S/C21H29F3N4O2/c22-21(23,24)16-5-6-19(27-10-12-30-13-11-27)18(14-16)25-20(29)28-9-3-4-17(15-28)26-7-1-2-8-26/h5-6,14,17H,1-4,7-13,15H2,(H,25,29)/t17-/m0/s1. The lowest BCUT2D eigenvalue weighted by atomic mass is 10.0. The lowest BCUT2D eigenvalue weighted by Crippen LogP contribution is -2.50. The molecule has 1 aromatic carbocycles. The number of alkyl halides is 3. The van der Waals surface area contributed by atoms with Crippen molar-refractivity contribution in [2.45, 2.75) is 37.9 Å². The highest BCUT2D eigenvalue weighted by atomic mass is 19.4. The summed E-state index contributed by atoms with van der Waals surface area (Å²) >= 11 is 0. The number of morpholine rings is 1. The summed E-state index contributed by atoms with van der Waals surface area (Å²) < 4.78 is 45.2. The Morgan fingerprint density at radius 1 is 1.03 bits per heavy atom. The number of hydrogen-bond acceptors (Lipinski definition) is 4. The SMILES string of the molecule is O=C(Nc1cc(C(F)(F)F)ccc1N1CCOCC1)N1CCC[C@H](N2CCCC2)C1. The zero-order valence-electron chi connectivity index (χ0n) is 17.1. The van der Waals surface area contributed by atoms with Crippen molar-refractivity contribution in [1.82, 2.24) is 9.80 Å². The first-order chi connectivity index (χ1) is 14.4. The third-order valence-corrected chi connectivity index (χ3v) is 6.26. The van der Waals surface area contributed by atoms with Crippen molar-refractivity contribution < 1.29 is 22.7 Å². The van der Waals surface area contributed by atoms with E-state index in [2.05, 4.69) is 10.2 Å². The minimum absolute atomic E-state index is 0.208. The number of halogens is 3. The Morgan fingerprint density at radius 2 is 1.77 bits per heavy atom. The molecule has 166 valence electrons. The summed E-state index contributed by atoms with van der Waals surface area (Å²) in [5.74, 6) is 0. The fraction of sp³-hybridized carbons (Fsp3) is 0.667. The number of likely N-dealkylation sites (tertiary alicyclic amines) is 2. The van der Waals surface area contributed by atoms with Gasteiger partial charge in [0.2, 0.25) is 0 Å². The number of benzene rings is 1. The summed E-state index contributed by atoms with van der Waals surface area (Å²) in [6.07, 6.45) is -0.111. The van der Waals surface area contributed by atoms with E-state index in [0.717, 1.165) is 38.1 Å². The molecule has 3 aliphatic heterocycles. The number of nitrogens with one attached hydrogen (secondary N) is 1. The summed E-state index contributed by atoms with van der Waals surface area (Å²) in [6.45, 7) is 5.56. The van der Waals surface area contributed by atoms with Gasteiger partial charge in [-0.15, -0.1) is 0 Å². The van der Waals surface area contributed by atoms with Crippen LogP contribution in [0.5, 0.6) is 0 Å². The molecule has 1 aromatic rings. The van der Waals surface area contributed by atoms with Crippen LogP contribution in [0, 0.1) is 0 Å². The Morgan fingerprint density at radius 3 is 2.47 bits per heavy atom. The highest BCUT2D eigenvalue weighted by molar-refractivity contribution is 5.93. The second kappa shape index (κ2) is 9.01. The van der Waals surface area contributed by atoms with Gasteiger partial charge in [0, 0.05) is 32.2 Å². The molecule has 0 saturated carbocycles. The molecule has 0 radical (unpaired) electrons. The molecule has 3 saturated heterocycles. The number of rotatable bonds is 3. The van der Waals surface area contributed by atoms with Crippen LogP contribution in [0.4, 0.5) is 29.3 Å². The van der Waals surface area contributed by atoms with Gasteiger partial charge in [0.25, 0.3) is 0 Å². The van der Waals surface area contributed by atoms with Gasteiger partial charge in [-0.05, 0) is 57.0 Å². The van der Waals surface area contributed by atoms with Crippen LogP contribution in [-0.2, 0) is 10.9 Å². The topological polar surface area (TPSA) is 48.1 Å². The predicted octanol–water partition coefficient (Wildman–Crippen LogP) is 3.63. The molecule has 6 nitrogen and oxygen atoms in total. The lowest BCUT2D eigenvalue weighted by molar-refractivity contribution is -0.137. The van der Waals surface area contributed by atoms with Gasteiger partial charge in [-0.2, -0.15) is 13.2 Å². The molecule has 0 unspecified atom stereocenters. The van der Waals surface area contributed by atoms with Crippen LogP contribution in [0.25, 0.3) is 0 Å². The first kappa shape index (κ1) is 21.2. The van der Waals surface area contributed by atoms with E-state index in [4.69, 9.17) is 4.74 Å². The normalized spacial score (nSPS) is 23.6. The third-order valence-electron chi connectivity index (χ3n) is 6.26. The van der Waals surface area contributed by atoms with Crippen molar-refractivity contribution in [2.24, 2.45) is 0 Å². The number of carbonyl (C=O) groups is 1. The Balaban J connectivity index is 1.51. The van der Waals surface area contributed by atoms with Gasteiger partial charge >= 0.3 is 12.2 Å². The summed E-state index contributed by atoms with van der Waals surface area (Å²) in [6, 6.07) is 3.59. The van der Waals surface area contributed by atoms with Crippen molar-refractivity contribution in [3.8, 4) is 0 Å². The van der Waals surface area contributed by atoms with Crippen LogP contribution in [0.1, 0.15) is 31.2 Å². The number of hydrogen-bond donors (Lipinski definition) is 1. The minimum atomic E-state index is -4.46. The molecule has 2 amide bonds. The highest BCUT2D eigenvalue weighted by Crippen LogP contribution is 2.36. The summed E-state index contributed by atoms with van der Waals surface area (Å²) in [7, 11) is 0. The molecule has 30 heavy (non-hydrogen) atoms. The van der Waals surface area contributed by atoms with Gasteiger partial charge in [0.15, 0.2) is 0 Å². The number of amides is 2. The fourth-order valence-corrected chi connectivity index (χ4v) is 4.63. The average Bonchev–Trinajstić information content (AvgIpc) is 3.29. The fourth-order valence-electron chi connectivity index (χ4n) is 4.63. The molecule has 0 spiro atoms. The number of carbonyl (C=O) groups excluding carboxylic acids is 1. The molecule has 0 aromatic heterocycles. The van der Waals surface area contributed by atoms with Crippen LogP contribution in [0.15, 0.2) is 18.2 Å². The molecule has 1 N–H and O–H groups in total. The molecule has 3 aliphatic rings. The number of nitrogens with zero attached hydrogens (tertiary/aromatic N) is 3. The second-order valence-electron chi connectivity index (χ2n) is 8.24. The maximum absolute atomic E-state index is 13.3. The zero-order valence-corrected chi connectivity index (χ0v) is 17.1. The Labute approximate surface area is 174 Å². The van der Waals surface area contributed by atoms with E-state index in [0.29, 0.717) is 51.1 Å².